The van der Waals surface area contributed by atoms with Crippen LogP contribution in [0, 0.1) is 10.1 Å². The summed E-state index contributed by atoms with van der Waals surface area (Å²) >= 11 is 0. The Morgan fingerprint density at radius 1 is 0.903 bits per heavy atom. The highest BCUT2D eigenvalue weighted by molar-refractivity contribution is 6.04. The van der Waals surface area contributed by atoms with Gasteiger partial charge in [0, 0.05) is 34.8 Å². The predicted octanol–water partition coefficient (Wildman–Crippen LogP) is 3.91. The number of anilines is 3. The maximum Gasteiger partial charge on any atom is 0.271 e. The van der Waals surface area contributed by atoms with Crippen molar-refractivity contribution in [2.24, 2.45) is 0 Å². The first-order valence-corrected chi connectivity index (χ1v) is 9.28. The van der Waals surface area contributed by atoms with Crippen molar-refractivity contribution in [3.8, 4) is 5.75 Å². The average molecular weight is 420 g/mol. The Kier molecular flexibility index (Phi) is 6.79. The fourth-order valence-corrected chi connectivity index (χ4v) is 2.70. The first kappa shape index (κ1) is 21.3. The lowest BCUT2D eigenvalue weighted by Gasteiger charge is -2.09. The normalized spacial score (nSPS) is 10.1. The number of methoxy groups -OCH3 is 1. The number of nitrogens with one attached hydrogen (secondary N) is 3. The van der Waals surface area contributed by atoms with E-state index in [9.17, 15) is 19.7 Å². The van der Waals surface area contributed by atoms with Crippen LogP contribution in [0.25, 0.3) is 0 Å². The number of benzene rings is 3. The summed E-state index contributed by atoms with van der Waals surface area (Å²) in [6, 6.07) is 19.3. The highest BCUT2D eigenvalue weighted by atomic mass is 16.6. The highest BCUT2D eigenvalue weighted by Gasteiger charge is 2.09. The lowest BCUT2D eigenvalue weighted by atomic mass is 10.2. The highest BCUT2D eigenvalue weighted by Crippen LogP contribution is 2.18. The van der Waals surface area contributed by atoms with E-state index in [1.165, 1.54) is 18.2 Å². The van der Waals surface area contributed by atoms with Crippen LogP contribution in [0.3, 0.4) is 0 Å². The minimum Gasteiger partial charge on any atom is -0.497 e. The van der Waals surface area contributed by atoms with Crippen LogP contribution in [-0.4, -0.2) is 30.4 Å². The number of ether oxygens (including phenoxy) is 1. The largest absolute Gasteiger partial charge is 0.497 e. The minimum absolute atomic E-state index is 0.0612. The molecule has 0 saturated heterocycles. The van der Waals surface area contributed by atoms with Crippen LogP contribution in [0.2, 0.25) is 0 Å². The van der Waals surface area contributed by atoms with E-state index in [2.05, 4.69) is 16.0 Å². The van der Waals surface area contributed by atoms with Crippen LogP contribution in [0.1, 0.15) is 10.4 Å². The number of carbonyl (C=O) groups excluding carboxylic acids is 2. The van der Waals surface area contributed by atoms with Crippen molar-refractivity contribution in [3.05, 3.63) is 88.5 Å². The SMILES string of the molecule is COc1ccc(NC(=O)c2ccc(NC(=O)CNc3cccc([N+](=O)[O-])c3)cc2)cc1. The van der Waals surface area contributed by atoms with Crippen LogP contribution in [0.5, 0.6) is 5.75 Å². The zero-order valence-corrected chi connectivity index (χ0v) is 16.6. The van der Waals surface area contributed by atoms with E-state index in [1.807, 2.05) is 0 Å². The van der Waals surface area contributed by atoms with Gasteiger partial charge in [-0.15, -0.1) is 0 Å². The molecule has 0 heterocycles. The van der Waals surface area contributed by atoms with Gasteiger partial charge in [-0.25, -0.2) is 0 Å². The van der Waals surface area contributed by atoms with E-state index in [0.29, 0.717) is 28.4 Å². The molecule has 0 atom stereocenters. The van der Waals surface area contributed by atoms with E-state index >= 15 is 0 Å². The summed E-state index contributed by atoms with van der Waals surface area (Å²) in [5.74, 6) is 0.0791. The fourth-order valence-electron chi connectivity index (χ4n) is 2.70. The molecule has 0 aliphatic carbocycles. The lowest BCUT2D eigenvalue weighted by molar-refractivity contribution is -0.384. The standard InChI is InChI=1S/C22H20N4O5/c1-31-20-11-9-17(10-12-20)25-22(28)15-5-7-16(8-6-15)24-21(27)14-23-18-3-2-4-19(13-18)26(29)30/h2-13,23H,14H2,1H3,(H,24,27)(H,25,28). The Balaban J connectivity index is 1.52. The topological polar surface area (TPSA) is 123 Å². The van der Waals surface area contributed by atoms with Gasteiger partial charge in [0.05, 0.1) is 18.6 Å². The van der Waals surface area contributed by atoms with Crippen LogP contribution >= 0.6 is 0 Å². The Hall–Kier alpha value is -4.40. The number of hydrogen-bond donors (Lipinski definition) is 3. The molecule has 0 aliphatic heterocycles. The van der Waals surface area contributed by atoms with Crippen molar-refractivity contribution in [1.82, 2.24) is 0 Å². The Labute approximate surface area is 178 Å². The second-order valence-electron chi connectivity index (χ2n) is 6.47. The van der Waals surface area contributed by atoms with E-state index < -0.39 is 4.92 Å². The summed E-state index contributed by atoms with van der Waals surface area (Å²) in [4.78, 5) is 34.8. The quantitative estimate of drug-likeness (QED) is 0.375. The number of carbonyl (C=O) groups is 2. The molecular weight excluding hydrogens is 400 g/mol. The summed E-state index contributed by atoms with van der Waals surface area (Å²) in [5.41, 5.74) is 1.99. The van der Waals surface area contributed by atoms with Gasteiger partial charge in [-0.1, -0.05) is 6.07 Å². The van der Waals surface area contributed by atoms with Crippen molar-refractivity contribution >= 4 is 34.6 Å². The molecule has 0 fully saturated rings. The number of nitrogens with zero attached hydrogens (tertiary/aromatic N) is 1. The third-order valence-electron chi connectivity index (χ3n) is 4.29. The Bertz CT molecular complexity index is 1080. The molecule has 3 aromatic carbocycles. The van der Waals surface area contributed by atoms with Crippen molar-refractivity contribution < 1.29 is 19.2 Å². The van der Waals surface area contributed by atoms with Gasteiger partial charge in [-0.2, -0.15) is 0 Å². The number of amides is 2. The molecule has 9 nitrogen and oxygen atoms in total. The van der Waals surface area contributed by atoms with E-state index in [0.717, 1.165) is 0 Å². The smallest absolute Gasteiger partial charge is 0.271 e. The molecule has 9 heteroatoms. The molecule has 0 bridgehead atoms. The number of nitro groups is 1. The molecule has 2 amide bonds. The number of nitro benzene ring substituents is 1. The minimum atomic E-state index is -0.502. The van der Waals surface area contributed by atoms with Gasteiger partial charge in [0.1, 0.15) is 5.75 Å². The number of non-ortho nitro benzene ring substituents is 1. The second-order valence-corrected chi connectivity index (χ2v) is 6.47. The van der Waals surface area contributed by atoms with Gasteiger partial charge in [0.25, 0.3) is 11.6 Å². The molecule has 0 spiro atoms. The summed E-state index contributed by atoms with van der Waals surface area (Å²) in [5, 5.41) is 19.1. The third kappa shape index (κ3) is 6.04. The predicted molar refractivity (Wildman–Crippen MR) is 118 cm³/mol. The summed E-state index contributed by atoms with van der Waals surface area (Å²) in [6.45, 7) is -0.0686. The van der Waals surface area contributed by atoms with Crippen LogP contribution in [0.15, 0.2) is 72.8 Å². The zero-order valence-electron chi connectivity index (χ0n) is 16.6. The summed E-state index contributed by atoms with van der Waals surface area (Å²) in [7, 11) is 1.57. The molecular formula is C22H20N4O5. The van der Waals surface area contributed by atoms with Crippen molar-refractivity contribution in [2.75, 3.05) is 29.6 Å². The molecule has 3 N–H and O–H groups in total. The maximum absolute atomic E-state index is 12.3. The van der Waals surface area contributed by atoms with Crippen molar-refractivity contribution in [3.63, 3.8) is 0 Å². The van der Waals surface area contributed by atoms with Gasteiger partial charge in [-0.3, -0.25) is 19.7 Å². The summed E-state index contributed by atoms with van der Waals surface area (Å²) < 4.78 is 5.08. The van der Waals surface area contributed by atoms with Crippen LogP contribution < -0.4 is 20.7 Å². The molecule has 31 heavy (non-hydrogen) atoms. The first-order valence-electron chi connectivity index (χ1n) is 9.28. The molecule has 0 radical (unpaired) electrons. The van der Waals surface area contributed by atoms with Gasteiger partial charge in [-0.05, 0) is 54.6 Å². The molecule has 0 aliphatic rings. The molecule has 3 rings (SSSR count). The van der Waals surface area contributed by atoms with Crippen molar-refractivity contribution in [1.29, 1.82) is 0 Å². The van der Waals surface area contributed by atoms with Gasteiger partial charge < -0.3 is 20.7 Å². The van der Waals surface area contributed by atoms with Gasteiger partial charge >= 0.3 is 0 Å². The van der Waals surface area contributed by atoms with E-state index in [4.69, 9.17) is 4.74 Å². The number of hydrogen-bond acceptors (Lipinski definition) is 6. The lowest BCUT2D eigenvalue weighted by Crippen LogP contribution is -2.21. The number of rotatable bonds is 8. The zero-order chi connectivity index (χ0) is 22.2. The molecule has 3 aromatic rings. The summed E-state index contributed by atoms with van der Waals surface area (Å²) in [6.07, 6.45) is 0. The van der Waals surface area contributed by atoms with Gasteiger partial charge in [0.2, 0.25) is 5.91 Å². The van der Waals surface area contributed by atoms with Gasteiger partial charge in [0.15, 0.2) is 0 Å². The van der Waals surface area contributed by atoms with Crippen LogP contribution in [0.4, 0.5) is 22.7 Å². The second kappa shape index (κ2) is 9.88. The maximum atomic E-state index is 12.3. The Morgan fingerprint density at radius 2 is 1.55 bits per heavy atom. The molecule has 0 unspecified atom stereocenters. The van der Waals surface area contributed by atoms with Crippen molar-refractivity contribution in [2.45, 2.75) is 0 Å². The molecule has 158 valence electrons. The molecule has 0 aromatic heterocycles. The average Bonchev–Trinajstić information content (AvgIpc) is 2.79. The Morgan fingerprint density at radius 3 is 2.19 bits per heavy atom. The first-order chi connectivity index (χ1) is 14.9. The van der Waals surface area contributed by atoms with Crippen LogP contribution in [-0.2, 0) is 4.79 Å². The monoisotopic (exact) mass is 420 g/mol. The van der Waals surface area contributed by atoms with E-state index in [1.54, 1.807) is 61.7 Å². The fraction of sp³-hybridized carbons (Fsp3) is 0.0909. The third-order valence-corrected chi connectivity index (χ3v) is 4.29. The molecule has 0 saturated carbocycles. The van der Waals surface area contributed by atoms with E-state index in [-0.39, 0.29) is 24.0 Å².